The van der Waals surface area contributed by atoms with Crippen LogP contribution < -0.4 is 11.1 Å². The molecule has 1 aromatic heterocycles. The fourth-order valence-electron chi connectivity index (χ4n) is 1.76. The van der Waals surface area contributed by atoms with Gasteiger partial charge in [-0.1, -0.05) is 0 Å². The highest BCUT2D eigenvalue weighted by atomic mass is 16.3. The molecule has 0 aliphatic rings. The maximum atomic E-state index is 11.2. The molecule has 0 bridgehead atoms. The minimum absolute atomic E-state index is 0.280. The summed E-state index contributed by atoms with van der Waals surface area (Å²) in [6.45, 7) is 2.49. The first-order valence-corrected chi connectivity index (χ1v) is 5.67. The zero-order chi connectivity index (χ0) is 13.8. The zero-order valence-electron chi connectivity index (χ0n) is 11.0. The fraction of sp³-hybridized carbons (Fsp3) is 0.500. The van der Waals surface area contributed by atoms with Crippen LogP contribution in [0.4, 0.5) is 5.82 Å². The van der Waals surface area contributed by atoms with Gasteiger partial charge in [-0.05, 0) is 33.2 Å². The number of nitrogens with two attached hydrogens (primary N) is 1. The third-order valence-electron chi connectivity index (χ3n) is 2.37. The first kappa shape index (κ1) is 14.4. The summed E-state index contributed by atoms with van der Waals surface area (Å²) in [4.78, 5) is 17.1. The van der Waals surface area contributed by atoms with Crippen LogP contribution in [0.3, 0.4) is 0 Å². The topological polar surface area (TPSA) is 91.5 Å². The van der Waals surface area contributed by atoms with E-state index in [0.717, 1.165) is 0 Å². The number of pyridine rings is 1. The minimum Gasteiger partial charge on any atom is -0.387 e. The van der Waals surface area contributed by atoms with Crippen LogP contribution in [0.5, 0.6) is 0 Å². The molecule has 1 unspecified atom stereocenters. The number of amides is 1. The monoisotopic (exact) mass is 252 g/mol. The van der Waals surface area contributed by atoms with Crippen molar-refractivity contribution in [3.05, 3.63) is 23.9 Å². The van der Waals surface area contributed by atoms with E-state index in [1.54, 1.807) is 25.3 Å². The van der Waals surface area contributed by atoms with Gasteiger partial charge in [-0.15, -0.1) is 0 Å². The fourth-order valence-corrected chi connectivity index (χ4v) is 1.76. The maximum absolute atomic E-state index is 11.2. The van der Waals surface area contributed by atoms with Crippen LogP contribution >= 0.6 is 0 Å². The van der Waals surface area contributed by atoms with E-state index in [-0.39, 0.29) is 6.54 Å². The Bertz CT molecular complexity index is 418. The molecular formula is C12H20N4O2. The van der Waals surface area contributed by atoms with E-state index in [2.05, 4.69) is 10.3 Å². The number of hydrogen-bond donors (Lipinski definition) is 3. The van der Waals surface area contributed by atoms with Gasteiger partial charge < -0.3 is 21.1 Å². The third-order valence-corrected chi connectivity index (χ3v) is 2.37. The molecule has 1 atom stereocenters. The molecule has 0 saturated carbocycles. The van der Waals surface area contributed by atoms with E-state index in [1.165, 1.54) is 0 Å². The molecule has 1 aromatic rings. The van der Waals surface area contributed by atoms with Crippen molar-refractivity contribution in [1.82, 2.24) is 9.88 Å². The second-order valence-electron chi connectivity index (χ2n) is 4.85. The summed E-state index contributed by atoms with van der Waals surface area (Å²) in [6, 6.07) is 3.24. The molecule has 18 heavy (non-hydrogen) atoms. The zero-order valence-corrected chi connectivity index (χ0v) is 11.0. The number of aliphatic hydroxyl groups is 1. The average molecular weight is 252 g/mol. The Balaban J connectivity index is 2.71. The lowest BCUT2D eigenvalue weighted by Crippen LogP contribution is -2.43. The first-order valence-electron chi connectivity index (χ1n) is 5.67. The number of carbonyl (C=O) groups excluding carboxylic acids is 1. The predicted molar refractivity (Wildman–Crippen MR) is 70.4 cm³/mol. The van der Waals surface area contributed by atoms with Crippen LogP contribution in [-0.4, -0.2) is 53.7 Å². The molecule has 100 valence electrons. The molecule has 0 aromatic carbocycles. The average Bonchev–Trinajstić information content (AvgIpc) is 2.25. The Kier molecular flexibility index (Phi) is 4.63. The highest BCUT2D eigenvalue weighted by molar-refractivity contribution is 5.97. The number of rotatable bonds is 6. The van der Waals surface area contributed by atoms with Crippen LogP contribution in [0.15, 0.2) is 18.3 Å². The van der Waals surface area contributed by atoms with Gasteiger partial charge >= 0.3 is 0 Å². The van der Waals surface area contributed by atoms with Crippen molar-refractivity contribution in [2.24, 2.45) is 5.73 Å². The highest BCUT2D eigenvalue weighted by Crippen LogP contribution is 2.13. The van der Waals surface area contributed by atoms with Gasteiger partial charge in [0, 0.05) is 19.3 Å². The van der Waals surface area contributed by atoms with Gasteiger partial charge in [0.05, 0.1) is 11.2 Å². The van der Waals surface area contributed by atoms with Crippen LogP contribution in [0.1, 0.15) is 17.3 Å². The Hall–Kier alpha value is -1.66. The molecular weight excluding hydrogens is 232 g/mol. The van der Waals surface area contributed by atoms with Crippen molar-refractivity contribution in [3.63, 3.8) is 0 Å². The number of carbonyl (C=O) groups is 1. The van der Waals surface area contributed by atoms with Crippen molar-refractivity contribution < 1.29 is 9.90 Å². The van der Waals surface area contributed by atoms with Crippen LogP contribution in [0, 0.1) is 0 Å². The summed E-state index contributed by atoms with van der Waals surface area (Å²) in [5.74, 6) is -0.151. The SMILES string of the molecule is CN(C)CC(C)(O)CNc1ncccc1C(N)=O. The second kappa shape index (κ2) is 5.79. The molecule has 1 rings (SSSR count). The van der Waals surface area contributed by atoms with E-state index in [0.29, 0.717) is 17.9 Å². The van der Waals surface area contributed by atoms with E-state index < -0.39 is 11.5 Å². The molecule has 6 nitrogen and oxygen atoms in total. The molecule has 6 heteroatoms. The molecule has 0 aliphatic carbocycles. The van der Waals surface area contributed by atoms with Crippen LogP contribution in [-0.2, 0) is 0 Å². The molecule has 0 radical (unpaired) electrons. The van der Waals surface area contributed by atoms with Gasteiger partial charge in [-0.25, -0.2) is 4.98 Å². The van der Waals surface area contributed by atoms with Gasteiger partial charge in [0.15, 0.2) is 0 Å². The standard InChI is InChI=1S/C12H20N4O2/c1-12(18,8-16(2)3)7-15-11-9(10(13)17)5-4-6-14-11/h4-6,18H,7-8H2,1-3H3,(H2,13,17)(H,14,15). The largest absolute Gasteiger partial charge is 0.387 e. The summed E-state index contributed by atoms with van der Waals surface area (Å²) in [6.07, 6.45) is 1.56. The van der Waals surface area contributed by atoms with Crippen LogP contribution in [0.2, 0.25) is 0 Å². The lowest BCUT2D eigenvalue weighted by molar-refractivity contribution is 0.0458. The van der Waals surface area contributed by atoms with Gasteiger partial charge in [-0.2, -0.15) is 0 Å². The molecule has 0 saturated heterocycles. The van der Waals surface area contributed by atoms with Gasteiger partial charge in [0.1, 0.15) is 5.82 Å². The van der Waals surface area contributed by atoms with Crippen molar-refractivity contribution in [1.29, 1.82) is 0 Å². The molecule has 4 N–H and O–H groups in total. The van der Waals surface area contributed by atoms with Crippen molar-refractivity contribution >= 4 is 11.7 Å². The van der Waals surface area contributed by atoms with Gasteiger partial charge in [0.2, 0.25) is 0 Å². The predicted octanol–water partition coefficient (Wildman–Crippen LogP) is -0.0950. The van der Waals surface area contributed by atoms with E-state index in [1.807, 2.05) is 19.0 Å². The minimum atomic E-state index is -0.921. The number of likely N-dealkylation sites (N-methyl/N-ethyl adjacent to an activating group) is 1. The normalized spacial score (nSPS) is 14.3. The Labute approximate surface area is 107 Å². The van der Waals surface area contributed by atoms with Gasteiger partial charge in [-0.3, -0.25) is 4.79 Å². The smallest absolute Gasteiger partial charge is 0.252 e. The number of anilines is 1. The lowest BCUT2D eigenvalue weighted by Gasteiger charge is -2.27. The Morgan fingerprint density at radius 3 is 2.83 bits per heavy atom. The molecule has 0 fully saturated rings. The second-order valence-corrected chi connectivity index (χ2v) is 4.85. The molecule has 1 heterocycles. The van der Waals surface area contributed by atoms with Crippen LogP contribution in [0.25, 0.3) is 0 Å². The number of nitrogens with one attached hydrogen (secondary N) is 1. The number of nitrogens with zero attached hydrogens (tertiary/aromatic N) is 2. The Morgan fingerprint density at radius 2 is 2.28 bits per heavy atom. The number of hydrogen-bond acceptors (Lipinski definition) is 5. The summed E-state index contributed by atoms with van der Waals surface area (Å²) >= 11 is 0. The van der Waals surface area contributed by atoms with Gasteiger partial charge in [0.25, 0.3) is 5.91 Å². The maximum Gasteiger partial charge on any atom is 0.252 e. The number of aromatic nitrogens is 1. The van der Waals surface area contributed by atoms with Crippen molar-refractivity contribution in [3.8, 4) is 0 Å². The number of primary amides is 1. The Morgan fingerprint density at radius 1 is 1.61 bits per heavy atom. The lowest BCUT2D eigenvalue weighted by atomic mass is 10.1. The van der Waals surface area contributed by atoms with E-state index >= 15 is 0 Å². The van der Waals surface area contributed by atoms with E-state index in [9.17, 15) is 9.90 Å². The molecule has 0 aliphatic heterocycles. The third kappa shape index (κ3) is 4.31. The highest BCUT2D eigenvalue weighted by Gasteiger charge is 2.22. The summed E-state index contributed by atoms with van der Waals surface area (Å²) in [5, 5.41) is 13.1. The van der Waals surface area contributed by atoms with Crippen molar-refractivity contribution in [2.75, 3.05) is 32.5 Å². The quantitative estimate of drug-likeness (QED) is 0.658. The molecule has 1 amide bonds. The summed E-state index contributed by atoms with van der Waals surface area (Å²) in [7, 11) is 3.76. The van der Waals surface area contributed by atoms with E-state index in [4.69, 9.17) is 5.73 Å². The summed E-state index contributed by atoms with van der Waals surface area (Å²) in [5.41, 5.74) is 4.64. The summed E-state index contributed by atoms with van der Waals surface area (Å²) < 4.78 is 0. The first-order chi connectivity index (χ1) is 8.32. The molecule has 0 spiro atoms. The van der Waals surface area contributed by atoms with Crippen molar-refractivity contribution in [2.45, 2.75) is 12.5 Å².